The van der Waals surface area contributed by atoms with Crippen molar-refractivity contribution < 1.29 is 0 Å². The molecule has 3 nitrogen and oxygen atoms in total. The summed E-state index contributed by atoms with van der Waals surface area (Å²) in [4.78, 5) is 0. The molecule has 17 heavy (non-hydrogen) atoms. The van der Waals surface area contributed by atoms with Crippen LogP contribution in [0.4, 0.5) is 0 Å². The number of aromatic nitrogens is 2. The fourth-order valence-corrected chi connectivity index (χ4v) is 2.03. The van der Waals surface area contributed by atoms with Gasteiger partial charge >= 0.3 is 0 Å². The number of rotatable bonds is 3. The number of halogens is 1. The molecule has 2 N–H and O–H groups in total. The standard InChI is InChI=1S/C13H25N3.ClH/c1-7-11(14)8-12-9(2)15-16(10(12)3)13(4,5)6;/h11H,7-8,14H2,1-6H3;1H. The van der Waals surface area contributed by atoms with Gasteiger partial charge in [0.2, 0.25) is 0 Å². The van der Waals surface area contributed by atoms with Gasteiger partial charge in [-0.25, -0.2) is 0 Å². The maximum absolute atomic E-state index is 6.02. The summed E-state index contributed by atoms with van der Waals surface area (Å²) in [6.07, 6.45) is 1.95. The first-order valence-electron chi connectivity index (χ1n) is 6.08. The zero-order valence-electron chi connectivity index (χ0n) is 11.9. The average Bonchev–Trinajstić information content (AvgIpc) is 2.44. The van der Waals surface area contributed by atoms with E-state index in [1.54, 1.807) is 0 Å². The van der Waals surface area contributed by atoms with Crippen molar-refractivity contribution >= 4 is 12.4 Å². The van der Waals surface area contributed by atoms with Gasteiger partial charge in [-0.1, -0.05) is 6.92 Å². The van der Waals surface area contributed by atoms with Crippen LogP contribution in [-0.4, -0.2) is 15.8 Å². The van der Waals surface area contributed by atoms with Gasteiger partial charge in [0, 0.05) is 11.7 Å². The molecule has 1 heterocycles. The molecule has 0 amide bonds. The van der Waals surface area contributed by atoms with E-state index in [1.165, 1.54) is 11.3 Å². The average molecular weight is 260 g/mol. The summed E-state index contributed by atoms with van der Waals surface area (Å²) in [5.41, 5.74) is 9.77. The fourth-order valence-electron chi connectivity index (χ4n) is 2.03. The van der Waals surface area contributed by atoms with E-state index in [2.05, 4.69) is 51.3 Å². The first kappa shape index (κ1) is 16.5. The second kappa shape index (κ2) is 5.87. The smallest absolute Gasteiger partial charge is 0.0629 e. The Morgan fingerprint density at radius 1 is 1.29 bits per heavy atom. The third-order valence-electron chi connectivity index (χ3n) is 3.07. The largest absolute Gasteiger partial charge is 0.327 e. The Balaban J connectivity index is 0.00000256. The molecule has 0 aliphatic carbocycles. The zero-order valence-corrected chi connectivity index (χ0v) is 12.7. The Morgan fingerprint density at radius 2 is 1.82 bits per heavy atom. The predicted molar refractivity (Wildman–Crippen MR) is 75.9 cm³/mol. The maximum Gasteiger partial charge on any atom is 0.0629 e. The van der Waals surface area contributed by atoms with Gasteiger partial charge in [-0.15, -0.1) is 12.4 Å². The van der Waals surface area contributed by atoms with Crippen molar-refractivity contribution in [3.8, 4) is 0 Å². The van der Waals surface area contributed by atoms with Gasteiger partial charge in [0.1, 0.15) is 0 Å². The number of hydrogen-bond acceptors (Lipinski definition) is 2. The van der Waals surface area contributed by atoms with Crippen LogP contribution in [0.3, 0.4) is 0 Å². The van der Waals surface area contributed by atoms with Gasteiger partial charge < -0.3 is 5.73 Å². The van der Waals surface area contributed by atoms with Crippen molar-refractivity contribution in [2.24, 2.45) is 5.73 Å². The lowest BCUT2D eigenvalue weighted by molar-refractivity contribution is 0.346. The predicted octanol–water partition coefficient (Wildman–Crippen LogP) is 2.96. The monoisotopic (exact) mass is 259 g/mol. The molecule has 1 atom stereocenters. The first-order valence-corrected chi connectivity index (χ1v) is 6.08. The minimum atomic E-state index is 0. The van der Waals surface area contributed by atoms with Crippen LogP contribution in [0.2, 0.25) is 0 Å². The van der Waals surface area contributed by atoms with E-state index in [0.29, 0.717) is 0 Å². The van der Waals surface area contributed by atoms with Crippen LogP contribution in [0.25, 0.3) is 0 Å². The van der Waals surface area contributed by atoms with Crippen LogP contribution >= 0.6 is 12.4 Å². The number of hydrogen-bond donors (Lipinski definition) is 1. The Labute approximate surface area is 111 Å². The molecule has 0 saturated carbocycles. The van der Waals surface area contributed by atoms with Crippen LogP contribution in [0, 0.1) is 13.8 Å². The highest BCUT2D eigenvalue weighted by Crippen LogP contribution is 2.22. The van der Waals surface area contributed by atoms with E-state index < -0.39 is 0 Å². The second-order valence-electron chi connectivity index (χ2n) is 5.60. The zero-order chi connectivity index (χ0) is 12.5. The highest BCUT2D eigenvalue weighted by molar-refractivity contribution is 5.85. The van der Waals surface area contributed by atoms with E-state index in [4.69, 9.17) is 5.73 Å². The molecule has 1 rings (SSSR count). The van der Waals surface area contributed by atoms with E-state index in [9.17, 15) is 0 Å². The number of nitrogens with zero attached hydrogens (tertiary/aromatic N) is 2. The van der Waals surface area contributed by atoms with Gasteiger partial charge in [-0.05, 0) is 53.0 Å². The van der Waals surface area contributed by atoms with Gasteiger partial charge in [-0.2, -0.15) is 5.10 Å². The molecule has 4 heteroatoms. The van der Waals surface area contributed by atoms with E-state index in [-0.39, 0.29) is 24.0 Å². The van der Waals surface area contributed by atoms with E-state index >= 15 is 0 Å². The molecule has 0 aromatic carbocycles. The highest BCUT2D eigenvalue weighted by Gasteiger charge is 2.21. The van der Waals surface area contributed by atoms with Crippen LogP contribution in [0.1, 0.15) is 51.1 Å². The molecule has 0 aliphatic rings. The molecule has 0 radical (unpaired) electrons. The summed E-state index contributed by atoms with van der Waals surface area (Å²) < 4.78 is 2.11. The minimum Gasteiger partial charge on any atom is -0.327 e. The van der Waals surface area contributed by atoms with E-state index in [0.717, 1.165) is 18.5 Å². The van der Waals surface area contributed by atoms with Crippen molar-refractivity contribution in [3.63, 3.8) is 0 Å². The van der Waals surface area contributed by atoms with Gasteiger partial charge in [0.05, 0.1) is 11.2 Å². The normalized spacial score (nSPS) is 13.4. The Hall–Kier alpha value is -0.540. The lowest BCUT2D eigenvalue weighted by Gasteiger charge is -2.21. The molecule has 0 saturated heterocycles. The van der Waals surface area contributed by atoms with Crippen molar-refractivity contribution in [2.45, 2.75) is 66.0 Å². The molecular formula is C13H26ClN3. The van der Waals surface area contributed by atoms with Crippen LogP contribution in [-0.2, 0) is 12.0 Å². The highest BCUT2D eigenvalue weighted by atomic mass is 35.5. The van der Waals surface area contributed by atoms with Crippen LogP contribution in [0.15, 0.2) is 0 Å². The summed E-state index contributed by atoms with van der Waals surface area (Å²) in [6.45, 7) is 12.9. The Bertz CT molecular complexity index is 363. The van der Waals surface area contributed by atoms with Crippen LogP contribution < -0.4 is 5.73 Å². The molecule has 0 bridgehead atoms. The number of aryl methyl sites for hydroxylation is 1. The minimum absolute atomic E-state index is 0. The number of nitrogens with two attached hydrogens (primary N) is 1. The summed E-state index contributed by atoms with van der Waals surface area (Å²) in [6, 6.07) is 0.245. The van der Waals surface area contributed by atoms with Crippen molar-refractivity contribution in [1.82, 2.24) is 9.78 Å². The Kier molecular flexibility index (Phi) is 5.69. The summed E-state index contributed by atoms with van der Waals surface area (Å²) in [5, 5.41) is 4.63. The second-order valence-corrected chi connectivity index (χ2v) is 5.60. The van der Waals surface area contributed by atoms with Crippen LogP contribution in [0.5, 0.6) is 0 Å². The first-order chi connectivity index (χ1) is 7.27. The van der Waals surface area contributed by atoms with Crippen molar-refractivity contribution in [2.75, 3.05) is 0 Å². The fraction of sp³-hybridized carbons (Fsp3) is 0.769. The lowest BCUT2D eigenvalue weighted by atomic mass is 10.0. The SMILES string of the molecule is CCC(N)Cc1c(C)nn(C(C)(C)C)c1C.Cl. The lowest BCUT2D eigenvalue weighted by Crippen LogP contribution is -2.25. The van der Waals surface area contributed by atoms with Gasteiger partial charge in [0.25, 0.3) is 0 Å². The molecular weight excluding hydrogens is 234 g/mol. The third-order valence-corrected chi connectivity index (χ3v) is 3.07. The summed E-state index contributed by atoms with van der Waals surface area (Å²) >= 11 is 0. The maximum atomic E-state index is 6.02. The Morgan fingerprint density at radius 3 is 2.18 bits per heavy atom. The molecule has 100 valence electrons. The van der Waals surface area contributed by atoms with Gasteiger partial charge in [-0.3, -0.25) is 4.68 Å². The molecule has 0 fully saturated rings. The third kappa shape index (κ3) is 3.71. The summed E-state index contributed by atoms with van der Waals surface area (Å²) in [7, 11) is 0. The molecule has 0 spiro atoms. The molecule has 1 aromatic rings. The topological polar surface area (TPSA) is 43.8 Å². The van der Waals surface area contributed by atoms with Gasteiger partial charge in [0.15, 0.2) is 0 Å². The molecule has 1 unspecified atom stereocenters. The molecule has 0 aliphatic heterocycles. The van der Waals surface area contributed by atoms with E-state index in [1.807, 2.05) is 0 Å². The van der Waals surface area contributed by atoms with Crippen molar-refractivity contribution in [1.29, 1.82) is 0 Å². The summed E-state index contributed by atoms with van der Waals surface area (Å²) in [5.74, 6) is 0. The molecule has 1 aromatic heterocycles. The quantitative estimate of drug-likeness (QED) is 0.907. The van der Waals surface area contributed by atoms with Crippen molar-refractivity contribution in [3.05, 3.63) is 17.0 Å².